The SMILES string of the molecule is Cl.c1ccc2oc(N[C@H]3CCNC3)nc2c1. The highest BCUT2D eigenvalue weighted by Crippen LogP contribution is 2.19. The molecule has 2 heterocycles. The summed E-state index contributed by atoms with van der Waals surface area (Å²) in [6.07, 6.45) is 1.12. The summed E-state index contributed by atoms with van der Waals surface area (Å²) < 4.78 is 5.58. The van der Waals surface area contributed by atoms with Crippen molar-refractivity contribution in [3.63, 3.8) is 0 Å². The third kappa shape index (κ3) is 2.13. The molecule has 1 fully saturated rings. The Morgan fingerprint density at radius 3 is 3.00 bits per heavy atom. The second-order valence-electron chi connectivity index (χ2n) is 3.82. The molecule has 1 aromatic heterocycles. The van der Waals surface area contributed by atoms with Gasteiger partial charge in [0.05, 0.1) is 0 Å². The molecule has 1 saturated heterocycles. The van der Waals surface area contributed by atoms with Gasteiger partial charge in [-0.2, -0.15) is 4.98 Å². The zero-order valence-corrected chi connectivity index (χ0v) is 9.59. The summed E-state index contributed by atoms with van der Waals surface area (Å²) >= 11 is 0. The predicted octanol–water partition coefficient (Wildman–Crippen LogP) is 2.02. The lowest BCUT2D eigenvalue weighted by atomic mass is 10.3. The first-order chi connectivity index (χ1) is 7.42. The van der Waals surface area contributed by atoms with Crippen molar-refractivity contribution in [3.8, 4) is 0 Å². The van der Waals surface area contributed by atoms with Crippen LogP contribution in [0.4, 0.5) is 6.01 Å². The standard InChI is InChI=1S/C11H13N3O.ClH/c1-2-4-10-9(3-1)14-11(15-10)13-8-5-6-12-7-8;/h1-4,8,12H,5-7H2,(H,13,14);1H/t8-;/m0./s1. The van der Waals surface area contributed by atoms with E-state index in [2.05, 4.69) is 15.6 Å². The lowest BCUT2D eigenvalue weighted by molar-refractivity contribution is 0.599. The van der Waals surface area contributed by atoms with Crippen molar-refractivity contribution in [1.82, 2.24) is 10.3 Å². The van der Waals surface area contributed by atoms with E-state index in [-0.39, 0.29) is 12.4 Å². The number of oxazole rings is 1. The number of benzene rings is 1. The van der Waals surface area contributed by atoms with Crippen LogP contribution < -0.4 is 10.6 Å². The van der Waals surface area contributed by atoms with Gasteiger partial charge in [0.2, 0.25) is 0 Å². The van der Waals surface area contributed by atoms with E-state index in [0.717, 1.165) is 30.6 Å². The molecule has 0 bridgehead atoms. The minimum Gasteiger partial charge on any atom is -0.424 e. The zero-order chi connectivity index (χ0) is 10.1. The molecule has 2 N–H and O–H groups in total. The summed E-state index contributed by atoms with van der Waals surface area (Å²) in [6.45, 7) is 2.05. The quantitative estimate of drug-likeness (QED) is 0.842. The first-order valence-corrected chi connectivity index (χ1v) is 5.25. The highest BCUT2D eigenvalue weighted by Gasteiger charge is 2.16. The molecule has 0 unspecified atom stereocenters. The molecular formula is C11H14ClN3O. The van der Waals surface area contributed by atoms with Crippen molar-refractivity contribution >= 4 is 29.5 Å². The van der Waals surface area contributed by atoms with Crippen molar-refractivity contribution in [1.29, 1.82) is 0 Å². The molecule has 4 nitrogen and oxygen atoms in total. The molecule has 1 aliphatic heterocycles. The second-order valence-corrected chi connectivity index (χ2v) is 3.82. The maximum Gasteiger partial charge on any atom is 0.295 e. The van der Waals surface area contributed by atoms with Crippen molar-refractivity contribution < 1.29 is 4.42 Å². The number of hydrogen-bond acceptors (Lipinski definition) is 4. The zero-order valence-electron chi connectivity index (χ0n) is 8.77. The minimum atomic E-state index is 0. The molecule has 0 amide bonds. The van der Waals surface area contributed by atoms with Crippen molar-refractivity contribution in [3.05, 3.63) is 24.3 Å². The third-order valence-electron chi connectivity index (χ3n) is 2.68. The Labute approximate surface area is 99.8 Å². The van der Waals surface area contributed by atoms with Crippen LogP contribution in [0.1, 0.15) is 6.42 Å². The van der Waals surface area contributed by atoms with Crippen LogP contribution in [0.25, 0.3) is 11.1 Å². The number of fused-ring (bicyclic) bond motifs is 1. The van der Waals surface area contributed by atoms with Gasteiger partial charge in [-0.1, -0.05) is 12.1 Å². The van der Waals surface area contributed by atoms with Gasteiger partial charge in [-0.05, 0) is 25.1 Å². The summed E-state index contributed by atoms with van der Waals surface area (Å²) in [5.41, 5.74) is 1.75. The fourth-order valence-corrected chi connectivity index (χ4v) is 1.89. The molecular weight excluding hydrogens is 226 g/mol. The average molecular weight is 240 g/mol. The molecule has 0 saturated carbocycles. The van der Waals surface area contributed by atoms with Crippen LogP contribution in [0.2, 0.25) is 0 Å². The fourth-order valence-electron chi connectivity index (χ4n) is 1.89. The van der Waals surface area contributed by atoms with Gasteiger partial charge in [-0.25, -0.2) is 0 Å². The Hall–Kier alpha value is -1.26. The van der Waals surface area contributed by atoms with E-state index in [9.17, 15) is 0 Å². The number of nitrogens with zero attached hydrogens (tertiary/aromatic N) is 1. The molecule has 1 aromatic carbocycles. The van der Waals surface area contributed by atoms with Crippen LogP contribution >= 0.6 is 12.4 Å². The largest absolute Gasteiger partial charge is 0.424 e. The Morgan fingerprint density at radius 2 is 2.25 bits per heavy atom. The van der Waals surface area contributed by atoms with Crippen LogP contribution in [0.5, 0.6) is 0 Å². The molecule has 2 aromatic rings. The molecule has 0 radical (unpaired) electrons. The Bertz CT molecular complexity index is 432. The number of aromatic nitrogens is 1. The molecule has 0 aliphatic carbocycles. The first kappa shape index (κ1) is 11.2. The molecule has 16 heavy (non-hydrogen) atoms. The van der Waals surface area contributed by atoms with Gasteiger partial charge in [0.15, 0.2) is 5.58 Å². The molecule has 5 heteroatoms. The third-order valence-corrected chi connectivity index (χ3v) is 2.68. The van der Waals surface area contributed by atoms with Crippen molar-refractivity contribution in [2.24, 2.45) is 0 Å². The summed E-state index contributed by atoms with van der Waals surface area (Å²) in [6, 6.07) is 8.88. The van der Waals surface area contributed by atoms with Gasteiger partial charge in [-0.3, -0.25) is 0 Å². The van der Waals surface area contributed by atoms with E-state index in [4.69, 9.17) is 4.42 Å². The number of hydrogen-bond donors (Lipinski definition) is 2. The van der Waals surface area contributed by atoms with E-state index in [1.54, 1.807) is 0 Å². The van der Waals surface area contributed by atoms with Gasteiger partial charge >= 0.3 is 0 Å². The Morgan fingerprint density at radius 1 is 1.38 bits per heavy atom. The van der Waals surface area contributed by atoms with Gasteiger partial charge in [-0.15, -0.1) is 12.4 Å². The van der Waals surface area contributed by atoms with E-state index < -0.39 is 0 Å². The van der Waals surface area contributed by atoms with Crippen molar-refractivity contribution in [2.75, 3.05) is 18.4 Å². The number of rotatable bonds is 2. The van der Waals surface area contributed by atoms with E-state index in [1.807, 2.05) is 24.3 Å². The van der Waals surface area contributed by atoms with Crippen LogP contribution in [0.15, 0.2) is 28.7 Å². The fraction of sp³-hybridized carbons (Fsp3) is 0.364. The van der Waals surface area contributed by atoms with Crippen LogP contribution in [-0.2, 0) is 0 Å². The molecule has 1 aliphatic rings. The van der Waals surface area contributed by atoms with E-state index in [0.29, 0.717) is 12.1 Å². The van der Waals surface area contributed by atoms with Gasteiger partial charge in [0.25, 0.3) is 6.01 Å². The number of para-hydroxylation sites is 2. The van der Waals surface area contributed by atoms with Crippen LogP contribution in [-0.4, -0.2) is 24.1 Å². The summed E-state index contributed by atoms with van der Waals surface area (Å²) in [5, 5.41) is 6.58. The maximum atomic E-state index is 5.58. The first-order valence-electron chi connectivity index (χ1n) is 5.25. The lowest BCUT2D eigenvalue weighted by Gasteiger charge is -2.07. The Kier molecular flexibility index (Phi) is 3.31. The molecule has 1 atom stereocenters. The normalized spacial score (nSPS) is 19.6. The van der Waals surface area contributed by atoms with Gasteiger partial charge in [0.1, 0.15) is 5.52 Å². The monoisotopic (exact) mass is 239 g/mol. The average Bonchev–Trinajstić information content (AvgIpc) is 2.86. The van der Waals surface area contributed by atoms with E-state index >= 15 is 0 Å². The number of halogens is 1. The van der Waals surface area contributed by atoms with Gasteiger partial charge < -0.3 is 15.1 Å². The molecule has 3 rings (SSSR count). The maximum absolute atomic E-state index is 5.58. The predicted molar refractivity (Wildman–Crippen MR) is 66.2 cm³/mol. The smallest absolute Gasteiger partial charge is 0.295 e. The van der Waals surface area contributed by atoms with E-state index in [1.165, 1.54) is 0 Å². The summed E-state index contributed by atoms with van der Waals surface area (Å²) in [7, 11) is 0. The minimum absolute atomic E-state index is 0. The molecule has 86 valence electrons. The van der Waals surface area contributed by atoms with Crippen LogP contribution in [0, 0.1) is 0 Å². The second kappa shape index (κ2) is 4.72. The highest BCUT2D eigenvalue weighted by molar-refractivity contribution is 5.85. The summed E-state index contributed by atoms with van der Waals surface area (Å²) in [5.74, 6) is 0. The van der Waals surface area contributed by atoms with Crippen LogP contribution in [0.3, 0.4) is 0 Å². The number of anilines is 1. The molecule has 0 spiro atoms. The van der Waals surface area contributed by atoms with Gasteiger partial charge in [0, 0.05) is 12.6 Å². The summed E-state index contributed by atoms with van der Waals surface area (Å²) in [4.78, 5) is 4.37. The topological polar surface area (TPSA) is 50.1 Å². The Balaban J connectivity index is 0.000000963. The number of nitrogens with one attached hydrogen (secondary N) is 2. The lowest BCUT2D eigenvalue weighted by Crippen LogP contribution is -2.22. The van der Waals surface area contributed by atoms with Crippen molar-refractivity contribution in [2.45, 2.75) is 12.5 Å². The highest BCUT2D eigenvalue weighted by atomic mass is 35.5.